The third kappa shape index (κ3) is 3.67. The summed E-state index contributed by atoms with van der Waals surface area (Å²) in [6, 6.07) is 0. The maximum Gasteiger partial charge on any atom is 0.103 e. The first kappa shape index (κ1) is 8.93. The van der Waals surface area contributed by atoms with Crippen LogP contribution in [0.4, 0.5) is 0 Å². The number of hydrogen-bond acceptors (Lipinski definition) is 4. The van der Waals surface area contributed by atoms with Crippen LogP contribution in [0.5, 0.6) is 0 Å². The molecule has 1 heterocycles. The normalized spacial score (nSPS) is 25.6. The Balaban J connectivity index is 2.03. The van der Waals surface area contributed by atoms with E-state index in [1.54, 1.807) is 0 Å². The highest BCUT2D eigenvalue weighted by molar-refractivity contribution is 4.73. The van der Waals surface area contributed by atoms with Gasteiger partial charge in [0.15, 0.2) is 0 Å². The van der Waals surface area contributed by atoms with Gasteiger partial charge in [-0.15, -0.1) is 0 Å². The van der Waals surface area contributed by atoms with E-state index in [-0.39, 0.29) is 6.10 Å². The summed E-state index contributed by atoms with van der Waals surface area (Å²) in [5, 5.41) is 8.28. The Morgan fingerprint density at radius 2 is 2.45 bits per heavy atom. The number of likely N-dealkylation sites (N-methyl/N-ethyl adjacent to an activating group) is 1. The van der Waals surface area contributed by atoms with Crippen LogP contribution in [0.25, 0.3) is 0 Å². The van der Waals surface area contributed by atoms with Gasteiger partial charge in [0.1, 0.15) is 6.10 Å². The molecule has 0 aromatic carbocycles. The molecule has 0 bridgehead atoms. The quantitative estimate of drug-likeness (QED) is 0.355. The van der Waals surface area contributed by atoms with Crippen molar-refractivity contribution in [2.24, 2.45) is 0 Å². The molecule has 2 unspecified atom stereocenters. The summed E-state index contributed by atoms with van der Waals surface area (Å²) < 4.78 is 5.05. The largest absolute Gasteiger partial charge is 0.372 e. The molecule has 1 aliphatic rings. The third-order valence-corrected chi connectivity index (χ3v) is 1.67. The van der Waals surface area contributed by atoms with Gasteiger partial charge < -0.3 is 9.64 Å². The molecule has 1 rings (SSSR count). The van der Waals surface area contributed by atoms with Crippen molar-refractivity contribution in [3.8, 4) is 0 Å². The second-order valence-electron chi connectivity index (χ2n) is 3.09. The standard InChI is InChI=1S/C7H15NO3/c1-6(11-9)3-8(2)4-7-5-10-7/h6-7,9H,3-5H2,1-2H3. The second kappa shape index (κ2) is 4.01. The average molecular weight is 161 g/mol. The van der Waals surface area contributed by atoms with E-state index in [0.717, 1.165) is 19.7 Å². The van der Waals surface area contributed by atoms with Crippen LogP contribution in [0, 0.1) is 0 Å². The minimum absolute atomic E-state index is 0.126. The summed E-state index contributed by atoms with van der Waals surface area (Å²) in [6.07, 6.45) is 0.282. The highest BCUT2D eigenvalue weighted by Crippen LogP contribution is 2.09. The highest BCUT2D eigenvalue weighted by Gasteiger charge is 2.24. The van der Waals surface area contributed by atoms with Gasteiger partial charge in [-0.1, -0.05) is 0 Å². The molecule has 11 heavy (non-hydrogen) atoms. The Morgan fingerprint density at radius 1 is 1.82 bits per heavy atom. The van der Waals surface area contributed by atoms with Gasteiger partial charge >= 0.3 is 0 Å². The molecular weight excluding hydrogens is 146 g/mol. The van der Waals surface area contributed by atoms with Crippen LogP contribution in [-0.4, -0.2) is 49.1 Å². The molecule has 0 aromatic heterocycles. The van der Waals surface area contributed by atoms with E-state index in [4.69, 9.17) is 9.99 Å². The first-order chi connectivity index (χ1) is 5.22. The van der Waals surface area contributed by atoms with Crippen LogP contribution in [-0.2, 0) is 9.62 Å². The molecule has 2 atom stereocenters. The lowest BCUT2D eigenvalue weighted by molar-refractivity contribution is -0.275. The molecule has 1 saturated heterocycles. The zero-order valence-electron chi connectivity index (χ0n) is 6.99. The molecule has 0 amide bonds. The van der Waals surface area contributed by atoms with E-state index in [1.807, 2.05) is 14.0 Å². The van der Waals surface area contributed by atoms with E-state index in [0.29, 0.717) is 6.10 Å². The summed E-state index contributed by atoms with van der Waals surface area (Å²) in [4.78, 5) is 6.22. The molecule has 0 aromatic rings. The Hall–Kier alpha value is -0.160. The van der Waals surface area contributed by atoms with Gasteiger partial charge in [0.2, 0.25) is 0 Å². The number of ether oxygens (including phenoxy) is 1. The van der Waals surface area contributed by atoms with Crippen LogP contribution in [0.3, 0.4) is 0 Å². The fraction of sp³-hybridized carbons (Fsp3) is 1.00. The number of epoxide rings is 1. The summed E-state index contributed by atoms with van der Waals surface area (Å²) >= 11 is 0. The summed E-state index contributed by atoms with van der Waals surface area (Å²) in [7, 11) is 1.98. The average Bonchev–Trinajstić information content (AvgIpc) is 2.71. The molecule has 1 aliphatic heterocycles. The van der Waals surface area contributed by atoms with Crippen LogP contribution in [0.15, 0.2) is 0 Å². The van der Waals surface area contributed by atoms with Gasteiger partial charge in [0.25, 0.3) is 0 Å². The van der Waals surface area contributed by atoms with Crippen LogP contribution in [0.2, 0.25) is 0 Å². The van der Waals surface area contributed by atoms with E-state index in [2.05, 4.69) is 9.79 Å². The van der Waals surface area contributed by atoms with Crippen molar-refractivity contribution < 1.29 is 14.9 Å². The van der Waals surface area contributed by atoms with Crippen molar-refractivity contribution in [1.29, 1.82) is 0 Å². The minimum atomic E-state index is -0.126. The number of rotatable bonds is 5. The fourth-order valence-corrected chi connectivity index (χ4v) is 1.07. The SMILES string of the molecule is CC(CN(C)CC1CO1)OO. The monoisotopic (exact) mass is 161 g/mol. The van der Waals surface area contributed by atoms with Crippen molar-refractivity contribution in [2.45, 2.75) is 19.1 Å². The van der Waals surface area contributed by atoms with Gasteiger partial charge in [0.05, 0.1) is 12.7 Å². The van der Waals surface area contributed by atoms with E-state index in [1.165, 1.54) is 0 Å². The predicted octanol–water partition coefficient (Wildman–Crippen LogP) is 0.195. The Labute approximate surface area is 66.6 Å². The molecule has 1 fully saturated rings. The lowest BCUT2D eigenvalue weighted by Crippen LogP contribution is -2.31. The van der Waals surface area contributed by atoms with Gasteiger partial charge in [-0.25, -0.2) is 4.89 Å². The van der Waals surface area contributed by atoms with Gasteiger partial charge in [0, 0.05) is 13.1 Å². The van der Waals surface area contributed by atoms with Crippen molar-refractivity contribution in [2.75, 3.05) is 26.7 Å². The molecule has 0 saturated carbocycles. The van der Waals surface area contributed by atoms with Crippen LogP contribution in [0.1, 0.15) is 6.92 Å². The highest BCUT2D eigenvalue weighted by atomic mass is 17.1. The summed E-state index contributed by atoms with van der Waals surface area (Å²) in [5.41, 5.74) is 0. The van der Waals surface area contributed by atoms with E-state index in [9.17, 15) is 0 Å². The first-order valence-corrected chi connectivity index (χ1v) is 3.82. The second-order valence-corrected chi connectivity index (χ2v) is 3.09. The van der Waals surface area contributed by atoms with Gasteiger partial charge in [-0.3, -0.25) is 5.26 Å². The van der Waals surface area contributed by atoms with Crippen LogP contribution < -0.4 is 0 Å². The molecule has 66 valence electrons. The lowest BCUT2D eigenvalue weighted by Gasteiger charge is -2.17. The maximum atomic E-state index is 8.28. The molecule has 0 aliphatic carbocycles. The molecule has 4 heteroatoms. The van der Waals surface area contributed by atoms with Crippen LogP contribution >= 0.6 is 0 Å². The fourth-order valence-electron chi connectivity index (χ4n) is 1.07. The third-order valence-electron chi connectivity index (χ3n) is 1.67. The van der Waals surface area contributed by atoms with Gasteiger partial charge in [-0.05, 0) is 14.0 Å². The zero-order valence-corrected chi connectivity index (χ0v) is 6.99. The van der Waals surface area contributed by atoms with Crippen molar-refractivity contribution in [3.63, 3.8) is 0 Å². The Morgan fingerprint density at radius 3 is 2.91 bits per heavy atom. The maximum absolute atomic E-state index is 8.28. The van der Waals surface area contributed by atoms with Crippen molar-refractivity contribution >= 4 is 0 Å². The van der Waals surface area contributed by atoms with E-state index >= 15 is 0 Å². The minimum Gasteiger partial charge on any atom is -0.372 e. The number of nitrogens with zero attached hydrogens (tertiary/aromatic N) is 1. The summed E-state index contributed by atoms with van der Waals surface area (Å²) in [6.45, 7) is 4.35. The topological polar surface area (TPSA) is 45.2 Å². The molecule has 1 N–H and O–H groups in total. The summed E-state index contributed by atoms with van der Waals surface area (Å²) in [5.74, 6) is 0. The molecule has 0 spiro atoms. The van der Waals surface area contributed by atoms with Gasteiger partial charge in [-0.2, -0.15) is 0 Å². The predicted molar refractivity (Wildman–Crippen MR) is 40.4 cm³/mol. The zero-order chi connectivity index (χ0) is 8.27. The van der Waals surface area contributed by atoms with E-state index < -0.39 is 0 Å². The first-order valence-electron chi connectivity index (χ1n) is 3.82. The van der Waals surface area contributed by atoms with Crippen molar-refractivity contribution in [3.05, 3.63) is 0 Å². The smallest absolute Gasteiger partial charge is 0.103 e. The molecule has 0 radical (unpaired) electrons. The molecule has 4 nitrogen and oxygen atoms in total. The number of hydrogen-bond donors (Lipinski definition) is 1. The Kier molecular flexibility index (Phi) is 3.26. The Bertz CT molecular complexity index is 116. The lowest BCUT2D eigenvalue weighted by atomic mass is 10.3. The molecular formula is C7H15NO3. The van der Waals surface area contributed by atoms with Crippen molar-refractivity contribution in [1.82, 2.24) is 4.90 Å².